The number of nitrogens with zero attached hydrogens (tertiary/aromatic N) is 2. The van der Waals surface area contributed by atoms with Crippen molar-refractivity contribution >= 4 is 6.21 Å². The molecule has 3 nitrogen and oxygen atoms in total. The minimum absolute atomic E-state index is 0.0534. The molecule has 1 aliphatic rings. The lowest BCUT2D eigenvalue weighted by atomic mass is 9.84. The molecule has 1 aromatic carbocycles. The van der Waals surface area contributed by atoms with Gasteiger partial charge in [-0.2, -0.15) is 0 Å². The number of hydrogen-bond acceptors (Lipinski definition) is 3. The van der Waals surface area contributed by atoms with Crippen LogP contribution in [0.2, 0.25) is 0 Å². The van der Waals surface area contributed by atoms with Gasteiger partial charge >= 0.3 is 0 Å². The molecule has 1 fully saturated rings. The van der Waals surface area contributed by atoms with Crippen LogP contribution in [-0.4, -0.2) is 35.9 Å². The van der Waals surface area contributed by atoms with Gasteiger partial charge in [-0.15, -0.1) is 0 Å². The molecule has 1 saturated carbocycles. The Labute approximate surface area is 160 Å². The van der Waals surface area contributed by atoms with Gasteiger partial charge in [0.1, 0.15) is 5.75 Å². The molecule has 1 aliphatic carbocycles. The predicted octanol–water partition coefficient (Wildman–Crippen LogP) is 5.67. The van der Waals surface area contributed by atoms with Crippen LogP contribution in [0.3, 0.4) is 0 Å². The molecule has 26 heavy (non-hydrogen) atoms. The summed E-state index contributed by atoms with van der Waals surface area (Å²) in [5.74, 6) is 0.404. The van der Waals surface area contributed by atoms with Gasteiger partial charge < -0.3 is 10.0 Å². The van der Waals surface area contributed by atoms with Crippen LogP contribution in [0.5, 0.6) is 5.75 Å². The Morgan fingerprint density at radius 1 is 1.19 bits per heavy atom. The molecule has 0 spiro atoms. The zero-order valence-electron chi connectivity index (χ0n) is 17.5. The van der Waals surface area contributed by atoms with E-state index in [2.05, 4.69) is 51.8 Å². The van der Waals surface area contributed by atoms with Crippen LogP contribution in [0.15, 0.2) is 17.1 Å². The zero-order chi connectivity index (χ0) is 19.2. The van der Waals surface area contributed by atoms with Gasteiger partial charge in [-0.05, 0) is 49.9 Å². The summed E-state index contributed by atoms with van der Waals surface area (Å²) >= 11 is 0. The summed E-state index contributed by atoms with van der Waals surface area (Å²) in [5, 5.41) is 10.9. The number of rotatable bonds is 7. The smallest absolute Gasteiger partial charge is 0.128 e. The van der Waals surface area contributed by atoms with Gasteiger partial charge in [0.15, 0.2) is 0 Å². The van der Waals surface area contributed by atoms with Crippen molar-refractivity contribution < 1.29 is 5.11 Å². The van der Waals surface area contributed by atoms with Crippen LogP contribution in [-0.2, 0) is 12.0 Å². The molecular weight excluding hydrogens is 320 g/mol. The molecule has 0 radical (unpaired) electrons. The third-order valence-corrected chi connectivity index (χ3v) is 5.42. The van der Waals surface area contributed by atoms with E-state index in [1.807, 2.05) is 6.21 Å². The standard InChI is InChI=1S/C23H38N2O/c1-6-7-13-25(5)17-19-15-20(23(2,3)4)14-18(22(19)26)16-24-21-11-9-8-10-12-21/h14-16,21,26H,6-13,17H2,1-5H3. The van der Waals surface area contributed by atoms with E-state index in [0.717, 1.165) is 24.2 Å². The second kappa shape index (κ2) is 9.55. The number of phenols is 1. The van der Waals surface area contributed by atoms with Crippen molar-refractivity contribution in [1.82, 2.24) is 4.90 Å². The molecule has 2 rings (SSSR count). The van der Waals surface area contributed by atoms with E-state index in [4.69, 9.17) is 4.99 Å². The number of aliphatic imine (C=N–C) groups is 1. The summed E-state index contributed by atoms with van der Waals surface area (Å²) in [7, 11) is 2.13. The highest BCUT2D eigenvalue weighted by atomic mass is 16.3. The van der Waals surface area contributed by atoms with Gasteiger partial charge in [0.05, 0.1) is 0 Å². The van der Waals surface area contributed by atoms with Crippen LogP contribution < -0.4 is 0 Å². The molecule has 0 amide bonds. The van der Waals surface area contributed by atoms with E-state index in [9.17, 15) is 5.11 Å². The van der Waals surface area contributed by atoms with Crippen molar-refractivity contribution in [3.8, 4) is 5.75 Å². The first-order valence-corrected chi connectivity index (χ1v) is 10.4. The Morgan fingerprint density at radius 2 is 1.88 bits per heavy atom. The SMILES string of the molecule is CCCCN(C)Cc1cc(C(C)(C)C)cc(C=NC2CCCCC2)c1O. The Bertz CT molecular complexity index is 595. The first-order valence-electron chi connectivity index (χ1n) is 10.4. The molecule has 0 aromatic heterocycles. The number of benzene rings is 1. The predicted molar refractivity (Wildman–Crippen MR) is 113 cm³/mol. The molecule has 0 atom stereocenters. The van der Waals surface area contributed by atoms with Crippen molar-refractivity contribution in [2.75, 3.05) is 13.6 Å². The first kappa shape index (κ1) is 21.0. The first-order chi connectivity index (χ1) is 12.3. The lowest BCUT2D eigenvalue weighted by molar-refractivity contribution is 0.314. The largest absolute Gasteiger partial charge is 0.507 e. The van der Waals surface area contributed by atoms with Crippen LogP contribution in [0.25, 0.3) is 0 Å². The van der Waals surface area contributed by atoms with Gasteiger partial charge in [-0.1, -0.05) is 59.4 Å². The van der Waals surface area contributed by atoms with Crippen LogP contribution in [0.4, 0.5) is 0 Å². The Balaban J connectivity index is 2.27. The maximum Gasteiger partial charge on any atom is 0.128 e. The minimum atomic E-state index is 0.0534. The van der Waals surface area contributed by atoms with Crippen molar-refractivity contribution in [2.24, 2.45) is 4.99 Å². The average molecular weight is 359 g/mol. The Hall–Kier alpha value is -1.35. The summed E-state index contributed by atoms with van der Waals surface area (Å²) in [5.41, 5.74) is 3.21. The fraction of sp³-hybridized carbons (Fsp3) is 0.696. The van der Waals surface area contributed by atoms with E-state index in [1.165, 1.54) is 50.5 Å². The fourth-order valence-corrected chi connectivity index (χ4v) is 3.58. The van der Waals surface area contributed by atoms with Crippen molar-refractivity contribution in [2.45, 2.75) is 90.6 Å². The van der Waals surface area contributed by atoms with Crippen LogP contribution in [0.1, 0.15) is 89.3 Å². The van der Waals surface area contributed by atoms with Crippen LogP contribution >= 0.6 is 0 Å². The maximum absolute atomic E-state index is 10.9. The normalized spacial score (nSPS) is 16.7. The van der Waals surface area contributed by atoms with Crippen LogP contribution in [0, 0.1) is 0 Å². The van der Waals surface area contributed by atoms with Crippen molar-refractivity contribution in [3.05, 3.63) is 28.8 Å². The lowest BCUT2D eigenvalue weighted by Crippen LogP contribution is -2.20. The minimum Gasteiger partial charge on any atom is -0.507 e. The lowest BCUT2D eigenvalue weighted by Gasteiger charge is -2.24. The maximum atomic E-state index is 10.9. The second-order valence-electron chi connectivity index (χ2n) is 8.98. The number of hydrogen-bond donors (Lipinski definition) is 1. The highest BCUT2D eigenvalue weighted by Crippen LogP contribution is 2.31. The highest BCUT2D eigenvalue weighted by molar-refractivity contribution is 5.84. The summed E-state index contributed by atoms with van der Waals surface area (Å²) in [4.78, 5) is 7.11. The van der Waals surface area contributed by atoms with Gasteiger partial charge in [0, 0.05) is 29.9 Å². The molecule has 3 heteroatoms. The molecule has 0 unspecified atom stereocenters. The van der Waals surface area contributed by atoms with E-state index in [0.29, 0.717) is 11.8 Å². The molecule has 1 aromatic rings. The average Bonchev–Trinajstić information content (AvgIpc) is 2.60. The summed E-state index contributed by atoms with van der Waals surface area (Å²) in [6.45, 7) is 10.7. The van der Waals surface area contributed by atoms with Gasteiger partial charge in [-0.25, -0.2) is 0 Å². The van der Waals surface area contributed by atoms with Gasteiger partial charge in [0.25, 0.3) is 0 Å². The third-order valence-electron chi connectivity index (χ3n) is 5.42. The molecular formula is C23H38N2O. The van der Waals surface area contributed by atoms with E-state index in [-0.39, 0.29) is 5.41 Å². The van der Waals surface area contributed by atoms with Crippen molar-refractivity contribution in [1.29, 1.82) is 0 Å². The summed E-state index contributed by atoms with van der Waals surface area (Å²) in [6.07, 6.45) is 10.6. The quantitative estimate of drug-likeness (QED) is 0.637. The van der Waals surface area contributed by atoms with Gasteiger partial charge in [-0.3, -0.25) is 4.99 Å². The molecule has 0 aliphatic heterocycles. The Kier molecular flexibility index (Phi) is 7.69. The second-order valence-corrected chi connectivity index (χ2v) is 8.98. The van der Waals surface area contributed by atoms with E-state index < -0.39 is 0 Å². The van der Waals surface area contributed by atoms with Crippen molar-refractivity contribution in [3.63, 3.8) is 0 Å². The molecule has 0 heterocycles. The van der Waals surface area contributed by atoms with Gasteiger partial charge in [0.2, 0.25) is 0 Å². The zero-order valence-corrected chi connectivity index (χ0v) is 17.5. The number of phenolic OH excluding ortho intramolecular Hbond substituents is 1. The monoisotopic (exact) mass is 358 g/mol. The topological polar surface area (TPSA) is 35.8 Å². The third kappa shape index (κ3) is 6.12. The van der Waals surface area contributed by atoms with E-state index in [1.54, 1.807) is 0 Å². The molecule has 0 saturated heterocycles. The Morgan fingerprint density at radius 3 is 2.50 bits per heavy atom. The molecule has 1 N–H and O–H groups in total. The number of unbranched alkanes of at least 4 members (excludes halogenated alkanes) is 1. The fourth-order valence-electron chi connectivity index (χ4n) is 3.58. The molecule has 146 valence electrons. The number of aromatic hydroxyl groups is 1. The summed E-state index contributed by atoms with van der Waals surface area (Å²) in [6, 6.07) is 4.73. The molecule has 0 bridgehead atoms. The summed E-state index contributed by atoms with van der Waals surface area (Å²) < 4.78 is 0. The highest BCUT2D eigenvalue weighted by Gasteiger charge is 2.19. The van der Waals surface area contributed by atoms with E-state index >= 15 is 0 Å².